The summed E-state index contributed by atoms with van der Waals surface area (Å²) in [7, 11) is -1.00. The molecule has 0 aromatic carbocycles. The summed E-state index contributed by atoms with van der Waals surface area (Å²) in [6.45, 7) is 8.13. The van der Waals surface area contributed by atoms with Crippen molar-refractivity contribution in [2.45, 2.75) is 38.4 Å². The zero-order chi connectivity index (χ0) is 16.8. The normalized spacial score (nSPS) is 24.5. The predicted molar refractivity (Wildman–Crippen MR) is 93.6 cm³/mol. The third-order valence-electron chi connectivity index (χ3n) is 3.67. The highest BCUT2D eigenvalue weighted by atomic mass is 79.9. The Hall–Kier alpha value is -0.595. The van der Waals surface area contributed by atoms with Crippen molar-refractivity contribution in [1.82, 2.24) is 0 Å². The molecule has 124 valence electrons. The fraction of sp³-hybridized carbons (Fsp3) is 0.600. The first-order chi connectivity index (χ1) is 10.3. The number of ether oxygens (including phenoxy) is 1. The topological polar surface area (TPSA) is 88.5 Å². The summed E-state index contributed by atoms with van der Waals surface area (Å²) in [5.74, 6) is 0.491. The number of halogens is 1. The van der Waals surface area contributed by atoms with E-state index < -0.39 is 12.7 Å². The minimum absolute atomic E-state index is 0.119. The predicted octanol–water partition coefficient (Wildman–Crippen LogP) is 1.20. The molecule has 2 atom stereocenters. The Morgan fingerprint density at radius 2 is 2.36 bits per heavy atom. The Bertz CT molecular complexity index is 451. The number of aliphatic hydroxyl groups is 2. The molecular weight excluding hydrogens is 349 g/mol. The number of nitrogens with two attached hydrogens (primary N) is 1. The average Bonchev–Trinajstić information content (AvgIpc) is 2.48. The van der Waals surface area contributed by atoms with E-state index in [0.717, 1.165) is 5.57 Å². The van der Waals surface area contributed by atoms with Crippen molar-refractivity contribution < 1.29 is 19.5 Å². The SMILES string of the molecule is C=C1C[C@@H](CN)[OH+]B(O)/C1=C(/C=C\CBr)OCC(C)(O)CC. The molecule has 1 heterocycles. The van der Waals surface area contributed by atoms with Crippen molar-refractivity contribution in [3.05, 3.63) is 35.5 Å². The Kier molecular flexibility index (Phi) is 7.86. The summed E-state index contributed by atoms with van der Waals surface area (Å²) in [4.78, 5) is 0. The van der Waals surface area contributed by atoms with Gasteiger partial charge < -0.3 is 25.3 Å². The molecule has 0 aromatic heterocycles. The van der Waals surface area contributed by atoms with Crippen LogP contribution >= 0.6 is 15.9 Å². The molecule has 0 aromatic rings. The van der Waals surface area contributed by atoms with Gasteiger partial charge in [-0.15, -0.1) is 0 Å². The second-order valence-corrected chi connectivity index (χ2v) is 6.34. The highest BCUT2D eigenvalue weighted by Gasteiger charge is 2.43. The van der Waals surface area contributed by atoms with Crippen LogP contribution < -0.4 is 5.73 Å². The van der Waals surface area contributed by atoms with Gasteiger partial charge in [0.1, 0.15) is 18.5 Å². The largest absolute Gasteiger partial charge is 0.733 e. The van der Waals surface area contributed by atoms with Gasteiger partial charge in [-0.3, -0.25) is 0 Å². The van der Waals surface area contributed by atoms with Crippen LogP contribution in [0.15, 0.2) is 35.5 Å². The van der Waals surface area contributed by atoms with Crippen LogP contribution in [-0.2, 0) is 4.74 Å². The molecule has 5 nitrogen and oxygen atoms in total. The van der Waals surface area contributed by atoms with Gasteiger partial charge >= 0.3 is 7.12 Å². The van der Waals surface area contributed by atoms with Crippen LogP contribution in [0.2, 0.25) is 0 Å². The maximum atomic E-state index is 10.3. The molecule has 0 amide bonds. The lowest BCUT2D eigenvalue weighted by Crippen LogP contribution is -2.43. The van der Waals surface area contributed by atoms with E-state index in [4.69, 9.17) is 10.5 Å². The number of hydrogen-bond acceptors (Lipinski definition) is 4. The van der Waals surface area contributed by atoms with Gasteiger partial charge in [-0.2, -0.15) is 0 Å². The Balaban J connectivity index is 3.02. The molecule has 0 saturated carbocycles. The maximum Gasteiger partial charge on any atom is 0.733 e. The average molecular weight is 375 g/mol. The quantitative estimate of drug-likeness (QED) is 0.270. The van der Waals surface area contributed by atoms with Crippen LogP contribution in [0.1, 0.15) is 26.7 Å². The van der Waals surface area contributed by atoms with E-state index in [9.17, 15) is 10.1 Å². The van der Waals surface area contributed by atoms with Gasteiger partial charge in [-0.05, 0) is 25.0 Å². The Morgan fingerprint density at radius 3 is 2.86 bits per heavy atom. The fourth-order valence-corrected chi connectivity index (χ4v) is 2.24. The monoisotopic (exact) mass is 374 g/mol. The van der Waals surface area contributed by atoms with E-state index in [1.165, 1.54) is 0 Å². The first-order valence-corrected chi connectivity index (χ1v) is 8.54. The van der Waals surface area contributed by atoms with Crippen molar-refractivity contribution in [2.75, 3.05) is 18.5 Å². The fourth-order valence-electron chi connectivity index (χ4n) is 2.05. The van der Waals surface area contributed by atoms with Crippen molar-refractivity contribution >= 4 is 23.0 Å². The number of rotatable bonds is 7. The summed E-state index contributed by atoms with van der Waals surface area (Å²) >= 11 is 3.32. The maximum absolute atomic E-state index is 10.3. The van der Waals surface area contributed by atoms with E-state index in [2.05, 4.69) is 27.2 Å². The van der Waals surface area contributed by atoms with E-state index in [0.29, 0.717) is 35.9 Å². The molecular formula is C15H26BBrNO4+. The van der Waals surface area contributed by atoms with Crippen LogP contribution in [0.5, 0.6) is 0 Å². The lowest BCUT2D eigenvalue weighted by Gasteiger charge is -2.27. The summed E-state index contributed by atoms with van der Waals surface area (Å²) in [5.41, 5.74) is 6.02. The molecule has 1 aliphatic rings. The molecule has 0 spiro atoms. The van der Waals surface area contributed by atoms with Gasteiger partial charge in [0.15, 0.2) is 0 Å². The molecule has 0 aliphatic carbocycles. The van der Waals surface area contributed by atoms with Gasteiger partial charge in [-0.1, -0.05) is 35.5 Å². The number of alkyl halides is 1. The van der Waals surface area contributed by atoms with E-state index in [1.54, 1.807) is 13.0 Å². The van der Waals surface area contributed by atoms with Crippen LogP contribution in [0.4, 0.5) is 0 Å². The summed E-state index contributed by atoms with van der Waals surface area (Å²) < 4.78 is 10.0. The van der Waals surface area contributed by atoms with Crippen LogP contribution in [0.3, 0.4) is 0 Å². The lowest BCUT2D eigenvalue weighted by molar-refractivity contribution is -0.0142. The first kappa shape index (κ1) is 19.5. The molecule has 0 bridgehead atoms. The molecule has 1 aliphatic heterocycles. The highest BCUT2D eigenvalue weighted by Crippen LogP contribution is 2.28. The Labute approximate surface area is 141 Å². The van der Waals surface area contributed by atoms with Crippen LogP contribution in [0, 0.1) is 0 Å². The molecule has 1 saturated heterocycles. The highest BCUT2D eigenvalue weighted by molar-refractivity contribution is 9.09. The van der Waals surface area contributed by atoms with Crippen molar-refractivity contribution in [3.63, 3.8) is 0 Å². The number of hydrogen-bond donors (Lipinski definition) is 3. The van der Waals surface area contributed by atoms with Gasteiger partial charge in [0, 0.05) is 11.8 Å². The van der Waals surface area contributed by atoms with Crippen LogP contribution in [0.25, 0.3) is 0 Å². The molecule has 7 heteroatoms. The van der Waals surface area contributed by atoms with E-state index in [1.807, 2.05) is 13.0 Å². The molecule has 1 unspecified atom stereocenters. The summed E-state index contributed by atoms with van der Waals surface area (Å²) in [6.07, 6.45) is 4.68. The van der Waals surface area contributed by atoms with Crippen molar-refractivity contribution in [2.24, 2.45) is 5.73 Å². The van der Waals surface area contributed by atoms with Crippen molar-refractivity contribution in [1.29, 1.82) is 0 Å². The smallest absolute Gasteiger partial charge is 0.508 e. The van der Waals surface area contributed by atoms with Gasteiger partial charge in [0.05, 0.1) is 17.6 Å². The third-order valence-corrected chi connectivity index (χ3v) is 4.04. The molecule has 1 rings (SSSR count). The second-order valence-electron chi connectivity index (χ2n) is 5.69. The Morgan fingerprint density at radius 1 is 1.68 bits per heavy atom. The van der Waals surface area contributed by atoms with E-state index in [-0.39, 0.29) is 12.7 Å². The first-order valence-electron chi connectivity index (χ1n) is 7.42. The molecule has 1 fully saturated rings. The third kappa shape index (κ3) is 5.55. The zero-order valence-electron chi connectivity index (χ0n) is 13.3. The second kappa shape index (κ2) is 8.89. The van der Waals surface area contributed by atoms with Crippen LogP contribution in [-0.4, -0.2) is 52.1 Å². The van der Waals surface area contributed by atoms with Gasteiger partial charge in [-0.25, -0.2) is 0 Å². The van der Waals surface area contributed by atoms with Gasteiger partial charge in [0.2, 0.25) is 0 Å². The molecule has 5 N–H and O–H groups in total. The van der Waals surface area contributed by atoms with E-state index >= 15 is 0 Å². The van der Waals surface area contributed by atoms with Crippen molar-refractivity contribution in [3.8, 4) is 0 Å². The van der Waals surface area contributed by atoms with Gasteiger partial charge in [0.25, 0.3) is 0 Å². The minimum atomic E-state index is -1.00. The number of allylic oxidation sites excluding steroid dienone is 3. The minimum Gasteiger partial charge on any atom is -0.508 e. The summed E-state index contributed by atoms with van der Waals surface area (Å²) in [6, 6.07) is 0. The zero-order valence-corrected chi connectivity index (χ0v) is 14.8. The molecule has 22 heavy (non-hydrogen) atoms. The summed E-state index contributed by atoms with van der Waals surface area (Å²) in [5, 5.41) is 21.0. The lowest BCUT2D eigenvalue weighted by atomic mass is 9.69. The standard InChI is InChI=1S/C15H25BBrNO4/c1-4-15(3,19)10-21-13(6-5-7-17)14-11(2)8-12(9-18)22-16(14)20/h5-6,12,19-20H,2,4,7-10,18H2,1,3H3/p+1/b6-5-,14-13-/t12-,15?/m0/s1. The molecule has 0 radical (unpaired) electrons.